The van der Waals surface area contributed by atoms with Gasteiger partial charge in [-0.2, -0.15) is 17.5 Å². The number of anilines is 1. The molecule has 3 fully saturated rings. The molecule has 2 aromatic rings. The van der Waals surface area contributed by atoms with Gasteiger partial charge in [-0.05, 0) is 100 Å². The van der Waals surface area contributed by atoms with Gasteiger partial charge in [0.15, 0.2) is 0 Å². The molecule has 0 radical (unpaired) electrons. The number of rotatable bonds is 9. The maximum absolute atomic E-state index is 13.6. The fraction of sp³-hybridized carbons (Fsp3) is 0.531. The number of nitrogens with one attached hydrogen (secondary N) is 2. The molecule has 14 heteroatoms. The molecule has 0 spiro atoms. The Morgan fingerprint density at radius 3 is 2.50 bits per heavy atom. The van der Waals surface area contributed by atoms with Gasteiger partial charge in [-0.15, -0.1) is 0 Å². The van der Waals surface area contributed by atoms with Crippen molar-refractivity contribution in [2.24, 2.45) is 5.92 Å². The van der Waals surface area contributed by atoms with Gasteiger partial charge in [-0.3, -0.25) is 14.6 Å². The molecule has 2 N–H and O–H groups in total. The molecular weight excluding hydrogens is 643 g/mol. The zero-order chi connectivity index (χ0) is 32.6. The van der Waals surface area contributed by atoms with Crippen molar-refractivity contribution in [2.75, 3.05) is 30.7 Å². The smallest absolute Gasteiger partial charge is 0.349 e. The summed E-state index contributed by atoms with van der Waals surface area (Å²) in [4.78, 5) is 32.3. The third-order valence-corrected chi connectivity index (χ3v) is 12.0. The minimum absolute atomic E-state index is 0.0268. The Morgan fingerprint density at radius 1 is 1.13 bits per heavy atom. The third-order valence-electron chi connectivity index (χ3n) is 9.54. The van der Waals surface area contributed by atoms with Crippen LogP contribution in [0.3, 0.4) is 0 Å². The molecule has 2 unspecified atom stereocenters. The molecular formula is C32H37ClF3N5O4S. The van der Waals surface area contributed by atoms with Crippen LogP contribution in [0, 0.1) is 5.92 Å². The summed E-state index contributed by atoms with van der Waals surface area (Å²) in [6.45, 7) is 1.59. The van der Waals surface area contributed by atoms with E-state index in [0.717, 1.165) is 18.4 Å². The van der Waals surface area contributed by atoms with Crippen LogP contribution >= 0.6 is 11.6 Å². The van der Waals surface area contributed by atoms with E-state index in [4.69, 9.17) is 11.6 Å². The molecule has 3 saturated heterocycles. The number of benzene rings is 1. The first-order valence-corrected chi connectivity index (χ1v) is 17.7. The number of alkyl halides is 3. The fourth-order valence-electron chi connectivity index (χ4n) is 7.39. The minimum atomic E-state index is -4.15. The van der Waals surface area contributed by atoms with Gasteiger partial charge in [0.2, 0.25) is 10.0 Å². The predicted octanol–water partition coefficient (Wildman–Crippen LogP) is 5.34. The van der Waals surface area contributed by atoms with Crippen molar-refractivity contribution in [1.29, 1.82) is 0 Å². The van der Waals surface area contributed by atoms with E-state index in [1.54, 1.807) is 41.0 Å². The van der Waals surface area contributed by atoms with Crippen LogP contribution in [0.15, 0.2) is 36.7 Å². The van der Waals surface area contributed by atoms with E-state index in [9.17, 15) is 31.2 Å². The highest BCUT2D eigenvalue weighted by molar-refractivity contribution is 7.89. The van der Waals surface area contributed by atoms with E-state index < -0.39 is 22.6 Å². The van der Waals surface area contributed by atoms with Gasteiger partial charge in [0.25, 0.3) is 11.8 Å². The zero-order valence-electron chi connectivity index (χ0n) is 25.2. The van der Waals surface area contributed by atoms with E-state index >= 15 is 0 Å². The standard InChI is InChI=1S/C32H37ClF3N5O4S/c33-28-17-29-25(26(30(42)39-29)13-21-3-1-9-37-18-21)16-27(28)31(43)38-22-14-23-4-5-24(15-22)41(23)46(44,45)19-20-6-11-40(12-7-20)10-2-8-32(34,35)36/h1,3,9,13,16-18,20,22-24H,2,4-8,10-12,14-15,19H2,(H,38,43)(H,39,42)/b26-13-/t22?,23-,24?/m0/s1. The average molecular weight is 680 g/mol. The van der Waals surface area contributed by atoms with Crippen LogP contribution in [0.4, 0.5) is 18.9 Å². The van der Waals surface area contributed by atoms with Gasteiger partial charge in [-0.25, -0.2) is 8.42 Å². The van der Waals surface area contributed by atoms with Gasteiger partial charge in [-0.1, -0.05) is 17.7 Å². The lowest BCUT2D eigenvalue weighted by molar-refractivity contribution is -0.136. The van der Waals surface area contributed by atoms with Crippen LogP contribution in [0.5, 0.6) is 0 Å². The molecule has 6 rings (SSSR count). The number of fused-ring (bicyclic) bond motifs is 3. The maximum Gasteiger partial charge on any atom is 0.389 e. The number of carbonyl (C=O) groups excluding carboxylic acids is 2. The van der Waals surface area contributed by atoms with Gasteiger partial charge in [0.05, 0.1) is 22.0 Å². The van der Waals surface area contributed by atoms with Gasteiger partial charge < -0.3 is 15.5 Å². The number of pyridine rings is 1. The summed E-state index contributed by atoms with van der Waals surface area (Å²) in [5, 5.41) is 6.07. The summed E-state index contributed by atoms with van der Waals surface area (Å²) in [6.07, 6.45) is 3.82. The van der Waals surface area contributed by atoms with Crippen LogP contribution in [0.1, 0.15) is 72.9 Å². The van der Waals surface area contributed by atoms with Gasteiger partial charge >= 0.3 is 6.18 Å². The van der Waals surface area contributed by atoms with Crippen LogP contribution in [-0.4, -0.2) is 84.1 Å². The number of halogens is 4. The highest BCUT2D eigenvalue weighted by Crippen LogP contribution is 2.40. The van der Waals surface area contributed by atoms with Gasteiger partial charge in [0.1, 0.15) is 0 Å². The van der Waals surface area contributed by atoms with E-state index in [1.165, 1.54) is 0 Å². The number of nitrogens with zero attached hydrogens (tertiary/aromatic N) is 3. The summed E-state index contributed by atoms with van der Waals surface area (Å²) in [7, 11) is -3.54. The minimum Gasteiger partial charge on any atom is -0.349 e. The molecule has 3 atom stereocenters. The van der Waals surface area contributed by atoms with Crippen molar-refractivity contribution >= 4 is 50.8 Å². The Hall–Kier alpha value is -3.00. The molecule has 1 aromatic carbocycles. The molecule has 0 saturated carbocycles. The predicted molar refractivity (Wildman–Crippen MR) is 170 cm³/mol. The maximum atomic E-state index is 13.6. The SMILES string of the molecule is O=C1Nc2cc(Cl)c(C(=O)NC3CC4CC[C@@H](C3)N4S(=O)(=O)CC3CCN(CCCC(F)(F)F)CC3)cc2/C1=C/c1cccnc1. The fourth-order valence-corrected chi connectivity index (χ4v) is 10.0. The van der Waals surface area contributed by atoms with E-state index in [1.807, 2.05) is 11.0 Å². The Kier molecular flexibility index (Phi) is 9.48. The summed E-state index contributed by atoms with van der Waals surface area (Å²) >= 11 is 6.50. The van der Waals surface area contributed by atoms with Crippen molar-refractivity contribution in [3.8, 4) is 0 Å². The number of carbonyl (C=O) groups is 2. The highest BCUT2D eigenvalue weighted by atomic mass is 35.5. The second-order valence-corrected chi connectivity index (χ2v) is 15.1. The van der Waals surface area contributed by atoms with E-state index in [0.29, 0.717) is 62.1 Å². The first-order chi connectivity index (χ1) is 21.9. The van der Waals surface area contributed by atoms with E-state index in [2.05, 4.69) is 15.6 Å². The van der Waals surface area contributed by atoms with Crippen LogP contribution in [0.2, 0.25) is 5.02 Å². The molecule has 4 aliphatic heterocycles. The molecule has 9 nitrogen and oxygen atoms in total. The normalized spacial score (nSPS) is 25.1. The molecule has 2 amide bonds. The molecule has 5 heterocycles. The largest absolute Gasteiger partial charge is 0.389 e. The Morgan fingerprint density at radius 2 is 1.85 bits per heavy atom. The molecule has 46 heavy (non-hydrogen) atoms. The second-order valence-electron chi connectivity index (χ2n) is 12.8. The van der Waals surface area contributed by atoms with Gasteiger partial charge in [0, 0.05) is 48.1 Å². The molecule has 2 bridgehead atoms. The Balaban J connectivity index is 1.06. The van der Waals surface area contributed by atoms with Crippen LogP contribution < -0.4 is 10.6 Å². The van der Waals surface area contributed by atoms with Crippen molar-refractivity contribution in [1.82, 2.24) is 19.5 Å². The van der Waals surface area contributed by atoms with Crippen molar-refractivity contribution < 1.29 is 31.2 Å². The number of piperidine rings is 2. The Bertz CT molecular complexity index is 1600. The molecule has 0 aliphatic carbocycles. The number of aromatic nitrogens is 1. The van der Waals surface area contributed by atoms with Crippen LogP contribution in [0.25, 0.3) is 11.6 Å². The lowest BCUT2D eigenvalue weighted by Gasteiger charge is -2.39. The highest BCUT2D eigenvalue weighted by Gasteiger charge is 2.47. The summed E-state index contributed by atoms with van der Waals surface area (Å²) in [6, 6.07) is 6.13. The summed E-state index contributed by atoms with van der Waals surface area (Å²) < 4.78 is 66.3. The van der Waals surface area contributed by atoms with Crippen molar-refractivity contribution in [3.05, 3.63) is 58.4 Å². The first kappa shape index (κ1) is 32.9. The van der Waals surface area contributed by atoms with Crippen molar-refractivity contribution in [2.45, 2.75) is 75.7 Å². The molecule has 4 aliphatic rings. The first-order valence-electron chi connectivity index (χ1n) is 15.7. The van der Waals surface area contributed by atoms with Crippen LogP contribution in [-0.2, 0) is 14.8 Å². The Labute approximate surface area is 271 Å². The summed E-state index contributed by atoms with van der Waals surface area (Å²) in [5.41, 5.74) is 2.46. The number of likely N-dealkylation sites (tertiary alicyclic amines) is 1. The average Bonchev–Trinajstić information content (AvgIpc) is 3.45. The summed E-state index contributed by atoms with van der Waals surface area (Å²) in [5.74, 6) is -0.666. The second kappa shape index (κ2) is 13.2. The molecule has 1 aromatic heterocycles. The molecule has 248 valence electrons. The lowest BCUT2D eigenvalue weighted by Crippen LogP contribution is -2.53. The topological polar surface area (TPSA) is 112 Å². The van der Waals surface area contributed by atoms with Crippen molar-refractivity contribution in [3.63, 3.8) is 0 Å². The third kappa shape index (κ3) is 7.42. The number of hydrogen-bond donors (Lipinski definition) is 2. The number of amides is 2. The number of hydrogen-bond acceptors (Lipinski definition) is 6. The monoisotopic (exact) mass is 679 g/mol. The van der Waals surface area contributed by atoms with E-state index in [-0.39, 0.29) is 58.6 Å². The number of sulfonamides is 1. The zero-order valence-corrected chi connectivity index (χ0v) is 26.8. The lowest BCUT2D eigenvalue weighted by atomic mass is 9.98. The quantitative estimate of drug-likeness (QED) is 0.347.